The van der Waals surface area contributed by atoms with Gasteiger partial charge in [0.1, 0.15) is 0 Å². The summed E-state index contributed by atoms with van der Waals surface area (Å²) in [6, 6.07) is 8.57. The molecule has 4 nitrogen and oxygen atoms in total. The number of hydrogen-bond donors (Lipinski definition) is 1. The minimum absolute atomic E-state index is 0. The van der Waals surface area contributed by atoms with Crippen LogP contribution in [0.25, 0.3) is 0 Å². The van der Waals surface area contributed by atoms with Gasteiger partial charge in [0.25, 0.3) is 0 Å². The number of carbonyl (C=O) groups excluding carboxylic acids is 1. The van der Waals surface area contributed by atoms with Crippen molar-refractivity contribution in [2.24, 2.45) is 5.41 Å². The average Bonchev–Trinajstić information content (AvgIpc) is 2.93. The van der Waals surface area contributed by atoms with E-state index in [2.05, 4.69) is 15.1 Å². The summed E-state index contributed by atoms with van der Waals surface area (Å²) in [5, 5.41) is 4.27. The van der Waals surface area contributed by atoms with Gasteiger partial charge in [-0.05, 0) is 68.4 Å². The Labute approximate surface area is 179 Å². The van der Waals surface area contributed by atoms with Gasteiger partial charge in [-0.15, -0.1) is 24.8 Å². The van der Waals surface area contributed by atoms with Crippen LogP contribution in [-0.2, 0) is 11.3 Å². The molecule has 0 radical (unpaired) electrons. The van der Waals surface area contributed by atoms with Crippen molar-refractivity contribution in [3.8, 4) is 0 Å². The first-order chi connectivity index (χ1) is 12.1. The number of nitrogens with one attached hydrogen (secondary N) is 1. The summed E-state index contributed by atoms with van der Waals surface area (Å²) in [6.07, 6.45) is 5.66. The smallest absolute Gasteiger partial charge is 0.223 e. The molecule has 1 aromatic carbocycles. The van der Waals surface area contributed by atoms with Crippen LogP contribution in [0.1, 0.15) is 37.7 Å². The Balaban J connectivity index is 0.00000131. The molecule has 152 valence electrons. The number of amides is 1. The molecule has 0 saturated carbocycles. The van der Waals surface area contributed by atoms with Gasteiger partial charge in [-0.2, -0.15) is 0 Å². The molecule has 1 atom stereocenters. The lowest BCUT2D eigenvalue weighted by molar-refractivity contribution is -0.128. The average molecular weight is 435 g/mol. The molecule has 3 saturated heterocycles. The highest BCUT2D eigenvalue weighted by molar-refractivity contribution is 6.30. The maximum absolute atomic E-state index is 12.6. The van der Waals surface area contributed by atoms with E-state index in [1.54, 1.807) is 0 Å². The monoisotopic (exact) mass is 433 g/mol. The van der Waals surface area contributed by atoms with Crippen molar-refractivity contribution in [3.63, 3.8) is 0 Å². The summed E-state index contributed by atoms with van der Waals surface area (Å²) in [4.78, 5) is 17.3. The first-order valence-corrected chi connectivity index (χ1v) is 9.98. The van der Waals surface area contributed by atoms with Gasteiger partial charge in [0.2, 0.25) is 5.91 Å². The molecular formula is C20H30Cl3N3O. The fourth-order valence-corrected chi connectivity index (χ4v) is 4.91. The molecule has 1 amide bonds. The highest BCUT2D eigenvalue weighted by Gasteiger charge is 2.45. The second-order valence-electron chi connectivity index (χ2n) is 8.09. The third kappa shape index (κ3) is 5.30. The van der Waals surface area contributed by atoms with Crippen LogP contribution >= 0.6 is 36.4 Å². The second-order valence-corrected chi connectivity index (χ2v) is 8.53. The number of nitrogens with zero attached hydrogens (tertiary/aromatic N) is 2. The van der Waals surface area contributed by atoms with Gasteiger partial charge in [0, 0.05) is 37.1 Å². The maximum atomic E-state index is 12.6. The Bertz CT molecular complexity index is 611. The number of carbonyl (C=O) groups is 1. The first-order valence-electron chi connectivity index (χ1n) is 9.61. The van der Waals surface area contributed by atoms with E-state index in [0.29, 0.717) is 18.5 Å². The van der Waals surface area contributed by atoms with Gasteiger partial charge in [-0.25, -0.2) is 0 Å². The lowest BCUT2D eigenvalue weighted by atomic mass is 9.77. The molecular weight excluding hydrogens is 405 g/mol. The Morgan fingerprint density at radius 3 is 2.48 bits per heavy atom. The topological polar surface area (TPSA) is 35.6 Å². The molecule has 0 aromatic heterocycles. The van der Waals surface area contributed by atoms with Crippen LogP contribution in [0.15, 0.2) is 24.3 Å². The summed E-state index contributed by atoms with van der Waals surface area (Å²) >= 11 is 5.96. The number of benzene rings is 1. The summed E-state index contributed by atoms with van der Waals surface area (Å²) in [5.74, 6) is 0.322. The molecule has 1 aromatic rings. The number of likely N-dealkylation sites (tertiary alicyclic amines) is 2. The van der Waals surface area contributed by atoms with Gasteiger partial charge in [-0.1, -0.05) is 23.7 Å². The van der Waals surface area contributed by atoms with E-state index in [1.807, 2.05) is 24.3 Å². The van der Waals surface area contributed by atoms with E-state index in [1.165, 1.54) is 24.9 Å². The number of rotatable bonds is 3. The predicted molar refractivity (Wildman–Crippen MR) is 115 cm³/mol. The predicted octanol–water partition coefficient (Wildman–Crippen LogP) is 3.75. The van der Waals surface area contributed by atoms with Gasteiger partial charge >= 0.3 is 0 Å². The molecule has 1 unspecified atom stereocenters. The minimum Gasteiger partial charge on any atom is -0.338 e. The fourth-order valence-electron chi connectivity index (χ4n) is 4.78. The zero-order valence-corrected chi connectivity index (χ0v) is 18.1. The van der Waals surface area contributed by atoms with Crippen LogP contribution in [0.4, 0.5) is 0 Å². The molecule has 0 aliphatic carbocycles. The molecule has 1 N–H and O–H groups in total. The summed E-state index contributed by atoms with van der Waals surface area (Å²) < 4.78 is 0. The van der Waals surface area contributed by atoms with Crippen LogP contribution in [-0.4, -0.2) is 54.5 Å². The third-order valence-electron chi connectivity index (χ3n) is 6.34. The van der Waals surface area contributed by atoms with Crippen molar-refractivity contribution in [2.75, 3.05) is 32.7 Å². The van der Waals surface area contributed by atoms with Crippen molar-refractivity contribution in [3.05, 3.63) is 34.9 Å². The maximum Gasteiger partial charge on any atom is 0.223 e. The van der Waals surface area contributed by atoms with Crippen LogP contribution < -0.4 is 5.32 Å². The van der Waals surface area contributed by atoms with Crippen LogP contribution in [0.2, 0.25) is 5.02 Å². The number of halogens is 3. The number of hydrogen-bond acceptors (Lipinski definition) is 3. The van der Waals surface area contributed by atoms with Crippen molar-refractivity contribution in [2.45, 2.75) is 44.7 Å². The molecule has 3 fully saturated rings. The van der Waals surface area contributed by atoms with Crippen molar-refractivity contribution in [1.29, 1.82) is 0 Å². The van der Waals surface area contributed by atoms with Crippen LogP contribution in [0.5, 0.6) is 0 Å². The van der Waals surface area contributed by atoms with E-state index in [0.717, 1.165) is 50.5 Å². The molecule has 4 rings (SSSR count). The summed E-state index contributed by atoms with van der Waals surface area (Å²) in [6.45, 7) is 6.24. The van der Waals surface area contributed by atoms with Crippen molar-refractivity contribution >= 4 is 42.3 Å². The summed E-state index contributed by atoms with van der Waals surface area (Å²) in [5.41, 5.74) is 1.38. The third-order valence-corrected chi connectivity index (χ3v) is 6.59. The van der Waals surface area contributed by atoms with E-state index >= 15 is 0 Å². The van der Waals surface area contributed by atoms with Gasteiger partial charge < -0.3 is 10.2 Å². The summed E-state index contributed by atoms with van der Waals surface area (Å²) in [7, 11) is 0. The number of piperidine rings is 2. The highest BCUT2D eigenvalue weighted by Crippen LogP contribution is 2.42. The Morgan fingerprint density at radius 2 is 1.85 bits per heavy atom. The Morgan fingerprint density at radius 1 is 1.15 bits per heavy atom. The molecule has 7 heteroatoms. The van der Waals surface area contributed by atoms with E-state index in [9.17, 15) is 4.79 Å². The van der Waals surface area contributed by atoms with E-state index in [-0.39, 0.29) is 30.2 Å². The van der Waals surface area contributed by atoms with Gasteiger partial charge in [0.15, 0.2) is 0 Å². The largest absolute Gasteiger partial charge is 0.338 e. The Kier molecular flexibility index (Phi) is 8.26. The van der Waals surface area contributed by atoms with E-state index in [4.69, 9.17) is 11.6 Å². The van der Waals surface area contributed by atoms with Crippen LogP contribution in [0.3, 0.4) is 0 Å². The minimum atomic E-state index is 0. The molecule has 3 aliphatic rings. The molecule has 1 spiro atoms. The van der Waals surface area contributed by atoms with Gasteiger partial charge in [-0.3, -0.25) is 9.69 Å². The van der Waals surface area contributed by atoms with Crippen molar-refractivity contribution < 1.29 is 4.79 Å². The van der Waals surface area contributed by atoms with Crippen molar-refractivity contribution in [1.82, 2.24) is 15.1 Å². The lowest BCUT2D eigenvalue weighted by Crippen LogP contribution is -2.51. The Hall–Kier alpha value is -0.520. The normalized spacial score (nSPS) is 25.1. The van der Waals surface area contributed by atoms with E-state index < -0.39 is 0 Å². The molecule has 0 bridgehead atoms. The zero-order chi connectivity index (χ0) is 17.3. The standard InChI is InChI=1S/C20H28ClN3O.2ClH/c21-17-5-3-16(4-6-17)14-24-15-20(12-19(24)25)7-10-23(11-8-20)18-2-1-9-22-13-18;;/h3-6,18,22H,1-2,7-15H2;2*1H. The quantitative estimate of drug-likeness (QED) is 0.787. The molecule has 27 heavy (non-hydrogen) atoms. The fraction of sp³-hybridized carbons (Fsp3) is 0.650. The van der Waals surface area contributed by atoms with Gasteiger partial charge in [0.05, 0.1) is 0 Å². The first kappa shape index (κ1) is 22.8. The lowest BCUT2D eigenvalue weighted by Gasteiger charge is -2.43. The second kappa shape index (κ2) is 9.80. The van der Waals surface area contributed by atoms with Crippen LogP contribution in [0, 0.1) is 5.41 Å². The SMILES string of the molecule is Cl.Cl.O=C1CC2(CCN(C3CCCNC3)CC2)CN1Cc1ccc(Cl)cc1. The highest BCUT2D eigenvalue weighted by atomic mass is 35.5. The molecule has 3 aliphatic heterocycles. The molecule has 3 heterocycles. The zero-order valence-electron chi connectivity index (χ0n) is 15.7.